The molecule has 0 aromatic rings. The van der Waals surface area contributed by atoms with E-state index in [1.165, 1.54) is 25.3 Å². The molecule has 0 unspecified atom stereocenters. The number of hydrogen-bond donors (Lipinski definition) is 1. The second-order valence-corrected chi connectivity index (χ2v) is 6.77. The minimum Gasteiger partial charge on any atom is -0.208 e. The van der Waals surface area contributed by atoms with Crippen LogP contribution in [0, 0.1) is 0 Å². The van der Waals surface area contributed by atoms with Gasteiger partial charge in [0, 0.05) is 6.04 Å². The molecule has 0 spiro atoms. The lowest BCUT2D eigenvalue weighted by Gasteiger charge is -2.21. The highest BCUT2D eigenvalue weighted by Gasteiger charge is 2.20. The molecule has 1 N–H and O–H groups in total. The van der Waals surface area contributed by atoms with Gasteiger partial charge in [-0.3, -0.25) is 0 Å². The summed E-state index contributed by atoms with van der Waals surface area (Å²) in [6.07, 6.45) is 15.6. The van der Waals surface area contributed by atoms with Crippen molar-refractivity contribution in [3.63, 3.8) is 0 Å². The largest absolute Gasteiger partial charge is 0.240 e. The molecule has 0 heterocycles. The van der Waals surface area contributed by atoms with Crippen molar-refractivity contribution in [3.8, 4) is 0 Å². The maximum Gasteiger partial charge on any atom is 0.240 e. The molecule has 20 heavy (non-hydrogen) atoms. The molecule has 112 valence electrons. The van der Waals surface area contributed by atoms with E-state index in [-0.39, 0.29) is 10.9 Å². The highest BCUT2D eigenvalue weighted by molar-refractivity contribution is 7.93. The Balaban J connectivity index is 2.74. The van der Waals surface area contributed by atoms with Crippen molar-refractivity contribution >= 4 is 10.0 Å². The van der Waals surface area contributed by atoms with Gasteiger partial charge in [-0.2, -0.15) is 0 Å². The third-order valence-electron chi connectivity index (χ3n) is 3.45. The summed E-state index contributed by atoms with van der Waals surface area (Å²) in [6.45, 7) is 7.14. The monoisotopic (exact) mass is 295 g/mol. The van der Waals surface area contributed by atoms with Crippen LogP contribution in [0.2, 0.25) is 0 Å². The van der Waals surface area contributed by atoms with Crippen LogP contribution in [0.5, 0.6) is 0 Å². The lowest BCUT2D eigenvalue weighted by Crippen LogP contribution is -2.35. The van der Waals surface area contributed by atoms with Crippen molar-refractivity contribution in [1.82, 2.24) is 4.72 Å². The second-order valence-electron chi connectivity index (χ2n) is 5.06. The SMILES string of the molecule is C=C/C=C\C=C(/C=C)S(=O)(=O)NC1CCCCCCC1. The predicted octanol–water partition coefficient (Wildman–Crippen LogP) is 3.83. The summed E-state index contributed by atoms with van der Waals surface area (Å²) in [5.74, 6) is 0. The first kappa shape index (κ1) is 16.9. The van der Waals surface area contributed by atoms with Crippen LogP contribution in [0.4, 0.5) is 0 Å². The van der Waals surface area contributed by atoms with E-state index in [0.717, 1.165) is 25.7 Å². The van der Waals surface area contributed by atoms with Gasteiger partial charge in [-0.15, -0.1) is 0 Å². The zero-order valence-electron chi connectivity index (χ0n) is 12.1. The minimum absolute atomic E-state index is 0.0482. The molecule has 1 aliphatic rings. The van der Waals surface area contributed by atoms with Gasteiger partial charge in [-0.25, -0.2) is 13.1 Å². The van der Waals surface area contributed by atoms with E-state index in [4.69, 9.17) is 0 Å². The Morgan fingerprint density at radius 1 is 1.00 bits per heavy atom. The summed E-state index contributed by atoms with van der Waals surface area (Å²) in [6, 6.07) is 0.0482. The number of nitrogens with one attached hydrogen (secondary N) is 1. The topological polar surface area (TPSA) is 46.2 Å². The normalized spacial score (nSPS) is 19.5. The first-order valence-corrected chi connectivity index (χ1v) is 8.72. The average Bonchev–Trinajstić information content (AvgIpc) is 2.37. The molecule has 0 aliphatic heterocycles. The average molecular weight is 295 g/mol. The van der Waals surface area contributed by atoms with Gasteiger partial charge >= 0.3 is 0 Å². The van der Waals surface area contributed by atoms with Gasteiger partial charge in [-0.1, -0.05) is 63.5 Å². The van der Waals surface area contributed by atoms with Gasteiger partial charge in [0.05, 0.1) is 4.91 Å². The molecule has 0 aromatic carbocycles. The maximum absolute atomic E-state index is 12.3. The van der Waals surface area contributed by atoms with Crippen molar-refractivity contribution in [2.45, 2.75) is 51.0 Å². The lowest BCUT2D eigenvalue weighted by atomic mass is 9.97. The first-order valence-electron chi connectivity index (χ1n) is 7.24. The summed E-state index contributed by atoms with van der Waals surface area (Å²) in [5, 5.41) is 0. The summed E-state index contributed by atoms with van der Waals surface area (Å²) in [4.78, 5) is 0.206. The zero-order valence-corrected chi connectivity index (χ0v) is 12.9. The Hall–Kier alpha value is -1.13. The van der Waals surface area contributed by atoms with Crippen LogP contribution in [0.25, 0.3) is 0 Å². The molecular formula is C16H25NO2S. The number of allylic oxidation sites excluding steroid dienone is 5. The molecule has 0 saturated heterocycles. The molecule has 1 fully saturated rings. The second kappa shape index (κ2) is 8.93. The Morgan fingerprint density at radius 3 is 2.15 bits per heavy atom. The molecule has 1 aliphatic carbocycles. The Kier molecular flexibility index (Phi) is 7.55. The van der Waals surface area contributed by atoms with E-state index in [9.17, 15) is 8.42 Å². The highest BCUT2D eigenvalue weighted by Crippen LogP contribution is 2.19. The molecule has 0 amide bonds. The van der Waals surface area contributed by atoms with E-state index >= 15 is 0 Å². The quantitative estimate of drug-likeness (QED) is 0.757. The fourth-order valence-corrected chi connectivity index (χ4v) is 3.65. The maximum atomic E-state index is 12.3. The van der Waals surface area contributed by atoms with Gasteiger partial charge < -0.3 is 0 Å². The van der Waals surface area contributed by atoms with Crippen molar-refractivity contribution < 1.29 is 8.42 Å². The van der Waals surface area contributed by atoms with Gasteiger partial charge in [0.2, 0.25) is 10.0 Å². The minimum atomic E-state index is -3.47. The molecule has 0 radical (unpaired) electrons. The molecule has 1 rings (SSSR count). The molecule has 0 bridgehead atoms. The van der Waals surface area contributed by atoms with Crippen LogP contribution in [0.15, 0.2) is 48.4 Å². The standard InChI is InChI=1S/C16H25NO2S/c1-3-5-9-14-16(4-2)20(18,19)17-15-12-10-7-6-8-11-13-15/h3-5,9,14-15,17H,1-2,6-8,10-13H2/b9-5-,16-14+. The number of sulfonamides is 1. The fraction of sp³-hybridized carbons (Fsp3) is 0.500. The summed E-state index contributed by atoms with van der Waals surface area (Å²) in [7, 11) is -3.47. The third-order valence-corrected chi connectivity index (χ3v) is 5.01. The fourth-order valence-electron chi connectivity index (χ4n) is 2.36. The summed E-state index contributed by atoms with van der Waals surface area (Å²) < 4.78 is 27.4. The van der Waals surface area contributed by atoms with Gasteiger partial charge in [0.1, 0.15) is 0 Å². The smallest absolute Gasteiger partial charge is 0.208 e. The third kappa shape index (κ3) is 5.88. The Labute approximate surface area is 123 Å². The van der Waals surface area contributed by atoms with E-state index in [1.807, 2.05) is 0 Å². The van der Waals surface area contributed by atoms with Crippen LogP contribution in [-0.2, 0) is 10.0 Å². The van der Waals surface area contributed by atoms with Crippen molar-refractivity contribution in [2.24, 2.45) is 0 Å². The van der Waals surface area contributed by atoms with Crippen molar-refractivity contribution in [1.29, 1.82) is 0 Å². The van der Waals surface area contributed by atoms with Crippen molar-refractivity contribution in [2.75, 3.05) is 0 Å². The van der Waals surface area contributed by atoms with Crippen LogP contribution in [0.3, 0.4) is 0 Å². The molecule has 0 aromatic heterocycles. The molecule has 1 saturated carbocycles. The van der Waals surface area contributed by atoms with Gasteiger partial charge in [0.15, 0.2) is 0 Å². The number of hydrogen-bond acceptors (Lipinski definition) is 2. The van der Waals surface area contributed by atoms with E-state index in [0.29, 0.717) is 0 Å². The van der Waals surface area contributed by atoms with Crippen molar-refractivity contribution in [3.05, 3.63) is 48.4 Å². The lowest BCUT2D eigenvalue weighted by molar-refractivity contribution is 0.427. The van der Waals surface area contributed by atoms with Crippen LogP contribution in [-0.4, -0.2) is 14.5 Å². The molecule has 3 nitrogen and oxygen atoms in total. The van der Waals surface area contributed by atoms with Crippen LogP contribution >= 0.6 is 0 Å². The van der Waals surface area contributed by atoms with Gasteiger partial charge in [0.25, 0.3) is 0 Å². The molecule has 4 heteroatoms. The Bertz CT molecular complexity index is 467. The van der Waals surface area contributed by atoms with E-state index < -0.39 is 10.0 Å². The molecule has 0 atom stereocenters. The first-order chi connectivity index (χ1) is 9.60. The van der Waals surface area contributed by atoms with E-state index in [1.54, 1.807) is 24.3 Å². The molecular weight excluding hydrogens is 270 g/mol. The van der Waals surface area contributed by atoms with Gasteiger partial charge in [-0.05, 0) is 25.0 Å². The number of rotatable bonds is 6. The zero-order chi connectivity index (χ0) is 14.8. The predicted molar refractivity (Wildman–Crippen MR) is 85.8 cm³/mol. The van der Waals surface area contributed by atoms with Crippen LogP contribution < -0.4 is 4.72 Å². The van der Waals surface area contributed by atoms with Crippen LogP contribution in [0.1, 0.15) is 44.9 Å². The highest BCUT2D eigenvalue weighted by atomic mass is 32.2. The summed E-state index contributed by atoms with van der Waals surface area (Å²) >= 11 is 0. The van der Waals surface area contributed by atoms with E-state index in [2.05, 4.69) is 17.9 Å². The summed E-state index contributed by atoms with van der Waals surface area (Å²) in [5.41, 5.74) is 0. The Morgan fingerprint density at radius 2 is 1.60 bits per heavy atom.